The van der Waals surface area contributed by atoms with E-state index in [1.54, 1.807) is 6.20 Å². The van der Waals surface area contributed by atoms with Crippen LogP contribution in [0, 0.1) is 0 Å². The Bertz CT molecular complexity index is 605. The first kappa shape index (κ1) is 15.7. The predicted molar refractivity (Wildman–Crippen MR) is 83.2 cm³/mol. The summed E-state index contributed by atoms with van der Waals surface area (Å²) in [7, 11) is 0. The average Bonchev–Trinajstić information content (AvgIpc) is 2.91. The van der Waals surface area contributed by atoms with Crippen LogP contribution in [0.2, 0.25) is 0 Å². The van der Waals surface area contributed by atoms with E-state index in [0.717, 1.165) is 18.4 Å². The first-order valence-corrected chi connectivity index (χ1v) is 7.64. The molecule has 2 aromatic heterocycles. The van der Waals surface area contributed by atoms with E-state index in [4.69, 9.17) is 0 Å². The number of hydrogen-bond acceptors (Lipinski definition) is 4. The summed E-state index contributed by atoms with van der Waals surface area (Å²) in [5.41, 5.74) is 1.97. The summed E-state index contributed by atoms with van der Waals surface area (Å²) in [5, 5.41) is 12.8. The van der Waals surface area contributed by atoms with Crippen LogP contribution in [0.5, 0.6) is 0 Å². The first-order valence-electron chi connectivity index (χ1n) is 7.64. The second-order valence-corrected chi connectivity index (χ2v) is 5.38. The fourth-order valence-electron chi connectivity index (χ4n) is 2.47. The zero-order chi connectivity index (χ0) is 15.1. The Kier molecular flexibility index (Phi) is 5.95. The second kappa shape index (κ2) is 7.95. The van der Waals surface area contributed by atoms with Gasteiger partial charge in [-0.1, -0.05) is 32.6 Å². The van der Waals surface area contributed by atoms with E-state index in [-0.39, 0.29) is 18.2 Å². The topological polar surface area (TPSA) is 93.8 Å². The summed E-state index contributed by atoms with van der Waals surface area (Å²) in [6.45, 7) is 2.91. The Labute approximate surface area is 124 Å². The van der Waals surface area contributed by atoms with Crippen molar-refractivity contribution in [2.24, 2.45) is 0 Å². The molecule has 0 aliphatic heterocycles. The highest BCUT2D eigenvalue weighted by atomic mass is 16.3. The fourth-order valence-corrected chi connectivity index (χ4v) is 2.47. The molecule has 0 aromatic carbocycles. The third-order valence-electron chi connectivity index (χ3n) is 3.76. The Morgan fingerprint density at radius 2 is 2.19 bits per heavy atom. The molecule has 4 N–H and O–H groups in total. The van der Waals surface area contributed by atoms with Gasteiger partial charge in [-0.15, -0.1) is 0 Å². The lowest BCUT2D eigenvalue weighted by Gasteiger charge is -2.15. The van der Waals surface area contributed by atoms with Gasteiger partial charge in [-0.2, -0.15) is 0 Å². The zero-order valence-corrected chi connectivity index (χ0v) is 12.5. The molecule has 0 aliphatic rings. The van der Waals surface area contributed by atoms with E-state index in [0.29, 0.717) is 17.6 Å². The van der Waals surface area contributed by atoms with Crippen LogP contribution in [-0.4, -0.2) is 32.7 Å². The molecule has 0 saturated heterocycles. The van der Waals surface area contributed by atoms with Crippen molar-refractivity contribution < 1.29 is 5.11 Å². The molecule has 0 fully saturated rings. The van der Waals surface area contributed by atoms with Crippen LogP contribution in [0.4, 0.5) is 0 Å². The molecule has 2 rings (SSSR count). The number of fused-ring (bicyclic) bond motifs is 1. The van der Waals surface area contributed by atoms with Gasteiger partial charge in [0.25, 0.3) is 5.56 Å². The fraction of sp³-hybridized carbons (Fsp3) is 0.600. The average molecular weight is 292 g/mol. The predicted octanol–water partition coefficient (Wildman–Crippen LogP) is 1.67. The highest BCUT2D eigenvalue weighted by Crippen LogP contribution is 2.12. The second-order valence-electron chi connectivity index (χ2n) is 5.38. The molecule has 116 valence electrons. The van der Waals surface area contributed by atoms with Crippen molar-refractivity contribution >= 4 is 11.0 Å². The number of unbranched alkanes of at least 4 members (excludes halogenated alkanes) is 3. The van der Waals surface area contributed by atoms with E-state index in [9.17, 15) is 9.90 Å². The molecular weight excluding hydrogens is 268 g/mol. The van der Waals surface area contributed by atoms with Gasteiger partial charge < -0.3 is 20.4 Å². The van der Waals surface area contributed by atoms with Crippen molar-refractivity contribution in [3.05, 3.63) is 28.4 Å². The highest BCUT2D eigenvalue weighted by Gasteiger charge is 2.10. The first-order chi connectivity index (χ1) is 10.3. The summed E-state index contributed by atoms with van der Waals surface area (Å²) in [4.78, 5) is 21.3. The molecule has 0 radical (unpaired) electrons. The van der Waals surface area contributed by atoms with Crippen LogP contribution in [0.15, 0.2) is 17.3 Å². The number of rotatable bonds is 9. The van der Waals surface area contributed by atoms with Crippen LogP contribution < -0.4 is 10.9 Å². The molecule has 1 atom stereocenters. The Hall–Kier alpha value is -1.66. The highest BCUT2D eigenvalue weighted by molar-refractivity contribution is 5.77. The van der Waals surface area contributed by atoms with E-state index >= 15 is 0 Å². The number of hydrogen-bond donors (Lipinski definition) is 4. The smallest absolute Gasteiger partial charge is 0.275 e. The van der Waals surface area contributed by atoms with Gasteiger partial charge in [0.05, 0.1) is 18.5 Å². The lowest BCUT2D eigenvalue weighted by molar-refractivity contribution is 0.232. The standard InChI is InChI=1S/C15H24N4O2/c1-2-3-4-5-6-12(9-20)16-7-11-8-17-14-13(11)18-10-19-15(14)21/h8,10,12,16-17,20H,2-7,9H2,1H3,(H,18,19,21). The molecule has 0 saturated carbocycles. The Morgan fingerprint density at radius 1 is 1.33 bits per heavy atom. The van der Waals surface area contributed by atoms with Crippen LogP contribution in [0.1, 0.15) is 44.6 Å². The van der Waals surface area contributed by atoms with Gasteiger partial charge >= 0.3 is 0 Å². The molecule has 6 nitrogen and oxygen atoms in total. The third kappa shape index (κ3) is 4.15. The van der Waals surface area contributed by atoms with Gasteiger partial charge in [0, 0.05) is 24.3 Å². The SMILES string of the molecule is CCCCCCC(CO)NCc1c[nH]c2c(=O)[nH]cnc12. The molecule has 2 heterocycles. The van der Waals surface area contributed by atoms with Crippen LogP contribution in [0.3, 0.4) is 0 Å². The minimum atomic E-state index is -0.162. The Balaban J connectivity index is 1.91. The molecule has 2 aromatic rings. The minimum absolute atomic E-state index is 0.0915. The van der Waals surface area contributed by atoms with Crippen molar-refractivity contribution in [3.8, 4) is 0 Å². The van der Waals surface area contributed by atoms with E-state index in [2.05, 4.69) is 27.2 Å². The maximum atomic E-state index is 11.6. The molecule has 0 amide bonds. The number of aliphatic hydroxyl groups excluding tert-OH is 1. The quantitative estimate of drug-likeness (QED) is 0.529. The minimum Gasteiger partial charge on any atom is -0.395 e. The van der Waals surface area contributed by atoms with E-state index < -0.39 is 0 Å². The maximum absolute atomic E-state index is 11.6. The van der Waals surface area contributed by atoms with Crippen molar-refractivity contribution in [1.29, 1.82) is 0 Å². The van der Waals surface area contributed by atoms with Gasteiger partial charge in [0.2, 0.25) is 0 Å². The van der Waals surface area contributed by atoms with Gasteiger partial charge in [0.15, 0.2) is 0 Å². The van der Waals surface area contributed by atoms with Crippen molar-refractivity contribution in [3.63, 3.8) is 0 Å². The summed E-state index contributed by atoms with van der Waals surface area (Å²) in [5.74, 6) is 0. The summed E-state index contributed by atoms with van der Waals surface area (Å²) >= 11 is 0. The molecule has 0 spiro atoms. The monoisotopic (exact) mass is 292 g/mol. The number of nitrogens with zero attached hydrogens (tertiary/aromatic N) is 1. The molecule has 0 aliphatic carbocycles. The molecule has 6 heteroatoms. The molecule has 0 bridgehead atoms. The van der Waals surface area contributed by atoms with Crippen molar-refractivity contribution in [1.82, 2.24) is 20.3 Å². The maximum Gasteiger partial charge on any atom is 0.275 e. The lowest BCUT2D eigenvalue weighted by Crippen LogP contribution is -2.31. The molecular formula is C15H24N4O2. The van der Waals surface area contributed by atoms with Gasteiger partial charge in [-0.05, 0) is 6.42 Å². The number of H-pyrrole nitrogens is 2. The number of aliphatic hydroxyl groups is 1. The number of nitrogens with one attached hydrogen (secondary N) is 3. The number of aromatic nitrogens is 3. The van der Waals surface area contributed by atoms with Crippen molar-refractivity contribution in [2.75, 3.05) is 6.61 Å². The summed E-state index contributed by atoms with van der Waals surface area (Å²) in [6.07, 6.45) is 8.96. The normalized spacial score (nSPS) is 12.9. The molecule has 21 heavy (non-hydrogen) atoms. The third-order valence-corrected chi connectivity index (χ3v) is 3.76. The summed E-state index contributed by atoms with van der Waals surface area (Å²) in [6, 6.07) is 0.0915. The number of aromatic amines is 2. The van der Waals surface area contributed by atoms with Crippen LogP contribution in [0.25, 0.3) is 11.0 Å². The largest absolute Gasteiger partial charge is 0.395 e. The van der Waals surface area contributed by atoms with Gasteiger partial charge in [0.1, 0.15) is 5.52 Å². The van der Waals surface area contributed by atoms with E-state index in [1.165, 1.54) is 25.6 Å². The Morgan fingerprint density at radius 3 is 2.95 bits per heavy atom. The van der Waals surface area contributed by atoms with E-state index in [1.807, 2.05) is 0 Å². The van der Waals surface area contributed by atoms with Gasteiger partial charge in [-0.3, -0.25) is 4.79 Å². The zero-order valence-electron chi connectivity index (χ0n) is 12.5. The lowest BCUT2D eigenvalue weighted by atomic mass is 10.1. The van der Waals surface area contributed by atoms with Crippen LogP contribution >= 0.6 is 0 Å². The van der Waals surface area contributed by atoms with Gasteiger partial charge in [-0.25, -0.2) is 4.98 Å². The summed E-state index contributed by atoms with van der Waals surface area (Å²) < 4.78 is 0. The van der Waals surface area contributed by atoms with Crippen molar-refractivity contribution in [2.45, 2.75) is 51.6 Å². The van der Waals surface area contributed by atoms with Crippen LogP contribution in [-0.2, 0) is 6.54 Å². The molecule has 1 unspecified atom stereocenters.